The van der Waals surface area contributed by atoms with E-state index < -0.39 is 5.91 Å². The molecule has 0 aliphatic rings. The van der Waals surface area contributed by atoms with Gasteiger partial charge in [-0.3, -0.25) is 4.79 Å². The predicted octanol–water partition coefficient (Wildman–Crippen LogP) is 6.72. The fourth-order valence-corrected chi connectivity index (χ4v) is 3.38. The smallest absolute Gasteiger partial charge is 0.266 e. The van der Waals surface area contributed by atoms with E-state index in [2.05, 4.69) is 5.32 Å². The largest absolute Gasteiger partial charge is 0.457 e. The Morgan fingerprint density at radius 3 is 2.34 bits per heavy atom. The van der Waals surface area contributed by atoms with Crippen LogP contribution in [0.5, 0.6) is 0 Å². The summed E-state index contributed by atoms with van der Waals surface area (Å²) in [6, 6.07) is 14.5. The molecule has 29 heavy (non-hydrogen) atoms. The van der Waals surface area contributed by atoms with E-state index in [9.17, 15) is 10.1 Å². The molecule has 3 rings (SSSR count). The molecule has 0 aliphatic heterocycles. The lowest BCUT2D eigenvalue weighted by molar-refractivity contribution is -0.112. The maximum absolute atomic E-state index is 12.6. The van der Waals surface area contributed by atoms with E-state index >= 15 is 0 Å². The number of hydrogen-bond donors (Lipinski definition) is 1. The van der Waals surface area contributed by atoms with Crippen molar-refractivity contribution in [1.82, 2.24) is 0 Å². The number of halogens is 2. The van der Waals surface area contributed by atoms with E-state index in [1.54, 1.807) is 30.3 Å². The van der Waals surface area contributed by atoms with E-state index in [4.69, 9.17) is 27.6 Å². The first-order valence-corrected chi connectivity index (χ1v) is 9.60. The highest BCUT2D eigenvalue weighted by Crippen LogP contribution is 2.30. The number of furan rings is 1. The number of anilines is 1. The summed E-state index contributed by atoms with van der Waals surface area (Å²) >= 11 is 12.0. The van der Waals surface area contributed by atoms with Gasteiger partial charge in [0.1, 0.15) is 23.2 Å². The number of benzene rings is 2. The van der Waals surface area contributed by atoms with Crippen molar-refractivity contribution >= 4 is 40.9 Å². The van der Waals surface area contributed by atoms with Gasteiger partial charge in [0.25, 0.3) is 5.91 Å². The Morgan fingerprint density at radius 2 is 1.72 bits per heavy atom. The first kappa shape index (κ1) is 20.7. The molecule has 1 N–H and O–H groups in total. The highest BCUT2D eigenvalue weighted by atomic mass is 35.5. The SMILES string of the molecule is Cc1cc(C)c(NC(=O)/C(C#N)=C\c2ccc(-c3ccc(Cl)c(Cl)c3)o2)c(C)c1. The average molecular weight is 425 g/mol. The minimum Gasteiger partial charge on any atom is -0.457 e. The van der Waals surface area contributed by atoms with Crippen LogP contribution >= 0.6 is 23.2 Å². The third-order valence-electron chi connectivity index (χ3n) is 4.40. The van der Waals surface area contributed by atoms with Crippen LogP contribution in [-0.4, -0.2) is 5.91 Å². The molecule has 1 heterocycles. The first-order valence-electron chi connectivity index (χ1n) is 8.84. The number of amides is 1. The van der Waals surface area contributed by atoms with Crippen LogP contribution in [0.15, 0.2) is 52.5 Å². The predicted molar refractivity (Wildman–Crippen MR) is 117 cm³/mol. The van der Waals surface area contributed by atoms with Crippen LogP contribution < -0.4 is 5.32 Å². The van der Waals surface area contributed by atoms with Crippen molar-refractivity contribution in [2.45, 2.75) is 20.8 Å². The van der Waals surface area contributed by atoms with Gasteiger partial charge in [-0.1, -0.05) is 40.9 Å². The minimum absolute atomic E-state index is 0.0561. The van der Waals surface area contributed by atoms with E-state index in [-0.39, 0.29) is 5.57 Å². The van der Waals surface area contributed by atoms with Gasteiger partial charge in [-0.25, -0.2) is 0 Å². The lowest BCUT2D eigenvalue weighted by Crippen LogP contribution is -2.15. The number of nitrogens with one attached hydrogen (secondary N) is 1. The van der Waals surface area contributed by atoms with E-state index in [0.29, 0.717) is 27.3 Å². The summed E-state index contributed by atoms with van der Waals surface area (Å²) in [4.78, 5) is 12.6. The van der Waals surface area contributed by atoms with Crippen LogP contribution in [0, 0.1) is 32.1 Å². The molecule has 0 bridgehead atoms. The zero-order valence-electron chi connectivity index (χ0n) is 16.1. The molecule has 1 amide bonds. The van der Waals surface area contributed by atoms with Gasteiger partial charge >= 0.3 is 0 Å². The molecule has 146 valence electrons. The second kappa shape index (κ2) is 8.57. The third kappa shape index (κ3) is 4.71. The summed E-state index contributed by atoms with van der Waals surface area (Å²) in [7, 11) is 0. The first-order chi connectivity index (χ1) is 13.8. The van der Waals surface area contributed by atoms with Crippen LogP contribution in [0.4, 0.5) is 5.69 Å². The summed E-state index contributed by atoms with van der Waals surface area (Å²) in [5, 5.41) is 13.1. The van der Waals surface area contributed by atoms with Gasteiger partial charge in [0.05, 0.1) is 10.0 Å². The Hall–Kier alpha value is -3.00. The summed E-state index contributed by atoms with van der Waals surface area (Å²) < 4.78 is 5.75. The Bertz CT molecular complexity index is 1150. The van der Waals surface area contributed by atoms with Crippen molar-refractivity contribution in [3.8, 4) is 17.4 Å². The van der Waals surface area contributed by atoms with Crippen molar-refractivity contribution < 1.29 is 9.21 Å². The summed E-state index contributed by atoms with van der Waals surface area (Å²) in [6.45, 7) is 5.83. The van der Waals surface area contributed by atoms with E-state index in [0.717, 1.165) is 22.3 Å². The number of rotatable bonds is 4. The van der Waals surface area contributed by atoms with Gasteiger partial charge in [0.2, 0.25) is 0 Å². The van der Waals surface area contributed by atoms with E-state index in [1.165, 1.54) is 6.08 Å². The molecule has 0 saturated heterocycles. The van der Waals surface area contributed by atoms with Gasteiger partial charge in [-0.2, -0.15) is 5.26 Å². The van der Waals surface area contributed by atoms with Crippen molar-refractivity contribution in [2.75, 3.05) is 5.32 Å². The zero-order chi connectivity index (χ0) is 21.1. The molecule has 0 atom stereocenters. The van der Waals surface area contributed by atoms with Crippen LogP contribution in [0.25, 0.3) is 17.4 Å². The molecule has 0 unspecified atom stereocenters. The number of carbonyl (C=O) groups excluding carboxylic acids is 1. The quantitative estimate of drug-likeness (QED) is 0.373. The number of nitrogens with zero attached hydrogens (tertiary/aromatic N) is 1. The molecule has 0 aliphatic carbocycles. The standard InChI is InChI=1S/C23H18Cl2N2O2/c1-13-8-14(2)22(15(3)9-13)27-23(28)17(12-26)10-18-5-7-21(29-18)16-4-6-19(24)20(25)11-16/h4-11H,1-3H3,(H,27,28)/b17-10-. The summed E-state index contributed by atoms with van der Waals surface area (Å²) in [5.41, 5.74) is 4.38. The monoisotopic (exact) mass is 424 g/mol. The maximum atomic E-state index is 12.6. The van der Waals surface area contributed by atoms with Crippen LogP contribution in [-0.2, 0) is 4.79 Å². The Kier molecular flexibility index (Phi) is 6.12. The Morgan fingerprint density at radius 1 is 1.03 bits per heavy atom. The molecular formula is C23H18Cl2N2O2. The van der Waals surface area contributed by atoms with Gasteiger partial charge in [-0.05, 0) is 62.2 Å². The number of aryl methyl sites for hydroxylation is 3. The molecule has 0 radical (unpaired) electrons. The Balaban J connectivity index is 1.85. The minimum atomic E-state index is -0.491. The topological polar surface area (TPSA) is 66.0 Å². The molecular weight excluding hydrogens is 407 g/mol. The molecule has 0 saturated carbocycles. The van der Waals surface area contributed by atoms with Crippen LogP contribution in [0.3, 0.4) is 0 Å². The van der Waals surface area contributed by atoms with E-state index in [1.807, 2.05) is 39.0 Å². The maximum Gasteiger partial charge on any atom is 0.266 e. The van der Waals surface area contributed by atoms with Crippen LogP contribution in [0.2, 0.25) is 10.0 Å². The lowest BCUT2D eigenvalue weighted by Gasteiger charge is -2.12. The van der Waals surface area contributed by atoms with Crippen molar-refractivity contribution in [3.05, 3.63) is 80.5 Å². The van der Waals surface area contributed by atoms with Crippen molar-refractivity contribution in [1.29, 1.82) is 5.26 Å². The lowest BCUT2D eigenvalue weighted by atomic mass is 10.0. The molecule has 3 aromatic rings. The number of nitriles is 1. The second-order valence-corrected chi connectivity index (χ2v) is 7.54. The molecule has 2 aromatic carbocycles. The highest BCUT2D eigenvalue weighted by Gasteiger charge is 2.14. The average Bonchev–Trinajstić information content (AvgIpc) is 3.13. The number of carbonyl (C=O) groups is 1. The summed E-state index contributed by atoms with van der Waals surface area (Å²) in [6.07, 6.45) is 1.41. The van der Waals surface area contributed by atoms with Gasteiger partial charge in [0.15, 0.2) is 0 Å². The van der Waals surface area contributed by atoms with Crippen molar-refractivity contribution in [2.24, 2.45) is 0 Å². The summed E-state index contributed by atoms with van der Waals surface area (Å²) in [5.74, 6) is 0.447. The van der Waals surface area contributed by atoms with Gasteiger partial charge in [0, 0.05) is 17.3 Å². The van der Waals surface area contributed by atoms with Crippen LogP contribution in [0.1, 0.15) is 22.5 Å². The molecule has 4 nitrogen and oxygen atoms in total. The fourth-order valence-electron chi connectivity index (χ4n) is 3.08. The molecule has 1 aromatic heterocycles. The normalized spacial score (nSPS) is 11.2. The van der Waals surface area contributed by atoms with Gasteiger partial charge in [-0.15, -0.1) is 0 Å². The molecule has 0 spiro atoms. The number of hydrogen-bond acceptors (Lipinski definition) is 3. The van der Waals surface area contributed by atoms with Crippen molar-refractivity contribution in [3.63, 3.8) is 0 Å². The van der Waals surface area contributed by atoms with Gasteiger partial charge < -0.3 is 9.73 Å². The molecule has 6 heteroatoms. The second-order valence-electron chi connectivity index (χ2n) is 6.73. The third-order valence-corrected chi connectivity index (χ3v) is 5.14. The Labute approximate surface area is 179 Å². The molecule has 0 fully saturated rings. The fraction of sp³-hybridized carbons (Fsp3) is 0.130. The highest BCUT2D eigenvalue weighted by molar-refractivity contribution is 6.42. The zero-order valence-corrected chi connectivity index (χ0v) is 17.7.